The molecule has 4 aromatic rings. The minimum absolute atomic E-state index is 0.146. The monoisotopic (exact) mass is 468 g/mol. The summed E-state index contributed by atoms with van der Waals surface area (Å²) in [6.45, 7) is 4.94. The second kappa shape index (κ2) is 11.7. The molecule has 0 aliphatic heterocycles. The zero-order valence-electron chi connectivity index (χ0n) is 19.8. The van der Waals surface area contributed by atoms with Crippen LogP contribution in [-0.2, 0) is 17.9 Å². The summed E-state index contributed by atoms with van der Waals surface area (Å²) in [6, 6.07) is 27.3. The molecule has 3 aromatic carbocycles. The fourth-order valence-electron chi connectivity index (χ4n) is 3.53. The Morgan fingerprint density at radius 3 is 2.14 bits per heavy atom. The topological polar surface area (TPSA) is 77.7 Å². The third kappa shape index (κ3) is 6.80. The van der Waals surface area contributed by atoms with E-state index in [1.54, 1.807) is 18.3 Å². The molecule has 178 valence electrons. The Morgan fingerprint density at radius 2 is 1.49 bits per heavy atom. The molecule has 0 fully saturated rings. The first-order chi connectivity index (χ1) is 17.1. The predicted octanol–water partition coefficient (Wildman–Crippen LogP) is 4.66. The van der Waals surface area contributed by atoms with Gasteiger partial charge in [-0.2, -0.15) is 10.2 Å². The van der Waals surface area contributed by atoms with E-state index in [4.69, 9.17) is 9.47 Å². The summed E-state index contributed by atoms with van der Waals surface area (Å²) in [5, 5.41) is 8.68. The van der Waals surface area contributed by atoms with Crippen LogP contribution in [0.1, 0.15) is 28.1 Å². The van der Waals surface area contributed by atoms with Crippen molar-refractivity contribution in [2.45, 2.75) is 27.0 Å². The molecule has 0 saturated carbocycles. The Balaban J connectivity index is 1.24. The molecule has 0 saturated heterocycles. The number of rotatable bonds is 10. The molecule has 0 bridgehead atoms. The van der Waals surface area contributed by atoms with Crippen molar-refractivity contribution in [3.8, 4) is 11.5 Å². The summed E-state index contributed by atoms with van der Waals surface area (Å²) < 4.78 is 13.2. The van der Waals surface area contributed by atoms with Gasteiger partial charge in [0.25, 0.3) is 5.91 Å². The van der Waals surface area contributed by atoms with Gasteiger partial charge in [-0.15, -0.1) is 0 Å². The number of carbonyl (C=O) groups is 1. The van der Waals surface area contributed by atoms with Gasteiger partial charge in [-0.1, -0.05) is 60.7 Å². The molecule has 7 heteroatoms. The summed E-state index contributed by atoms with van der Waals surface area (Å²) in [7, 11) is 0. The minimum Gasteiger partial charge on any atom is -0.489 e. The average Bonchev–Trinajstić information content (AvgIpc) is 3.15. The van der Waals surface area contributed by atoms with Crippen molar-refractivity contribution in [3.63, 3.8) is 0 Å². The summed E-state index contributed by atoms with van der Waals surface area (Å²) in [5.41, 5.74) is 7.49. The number of amides is 1. The second-order valence-electron chi connectivity index (χ2n) is 8.06. The quantitative estimate of drug-likeness (QED) is 0.271. The molecular formula is C28H28N4O3. The van der Waals surface area contributed by atoms with Gasteiger partial charge in [-0.05, 0) is 49.2 Å². The van der Waals surface area contributed by atoms with Gasteiger partial charge >= 0.3 is 0 Å². The van der Waals surface area contributed by atoms with Crippen LogP contribution in [0.3, 0.4) is 0 Å². The SMILES string of the molecule is Cc1nn(Cc2ccccc2)c(C)c1/C=N/NC(=O)COc1ccc(OCc2ccccc2)cc1. The maximum Gasteiger partial charge on any atom is 0.277 e. The van der Waals surface area contributed by atoms with E-state index in [1.807, 2.05) is 79.2 Å². The van der Waals surface area contributed by atoms with Gasteiger partial charge in [0, 0.05) is 11.3 Å². The lowest BCUT2D eigenvalue weighted by atomic mass is 10.2. The Kier molecular flexibility index (Phi) is 7.91. The molecule has 1 aromatic heterocycles. The van der Waals surface area contributed by atoms with E-state index in [2.05, 4.69) is 27.8 Å². The fraction of sp³-hybridized carbons (Fsp3) is 0.179. The standard InChI is InChI=1S/C28H28N4O3/c1-21-27(22(2)32(31-21)18-23-9-5-3-6-10-23)17-29-30-28(33)20-35-26-15-13-25(14-16-26)34-19-24-11-7-4-8-12-24/h3-17H,18-20H2,1-2H3,(H,30,33)/b29-17+. The maximum atomic E-state index is 12.2. The van der Waals surface area contributed by atoms with Gasteiger partial charge in [-0.3, -0.25) is 9.48 Å². The number of hydrogen-bond acceptors (Lipinski definition) is 5. The summed E-state index contributed by atoms with van der Waals surface area (Å²) in [6.07, 6.45) is 1.62. The van der Waals surface area contributed by atoms with E-state index in [0.29, 0.717) is 18.9 Å². The second-order valence-corrected chi connectivity index (χ2v) is 8.06. The zero-order valence-corrected chi connectivity index (χ0v) is 19.8. The number of ether oxygens (including phenoxy) is 2. The Morgan fingerprint density at radius 1 is 0.886 bits per heavy atom. The van der Waals surface area contributed by atoms with E-state index in [1.165, 1.54) is 5.56 Å². The van der Waals surface area contributed by atoms with E-state index < -0.39 is 0 Å². The molecule has 1 N–H and O–H groups in total. The first-order valence-corrected chi connectivity index (χ1v) is 11.4. The first-order valence-electron chi connectivity index (χ1n) is 11.4. The van der Waals surface area contributed by atoms with E-state index in [-0.39, 0.29) is 12.5 Å². The molecule has 0 unspecified atom stereocenters. The van der Waals surface area contributed by atoms with E-state index in [0.717, 1.165) is 28.3 Å². The van der Waals surface area contributed by atoms with E-state index in [9.17, 15) is 4.79 Å². The minimum atomic E-state index is -0.349. The Hall–Kier alpha value is -4.39. The van der Waals surface area contributed by atoms with Crippen LogP contribution in [0, 0.1) is 13.8 Å². The smallest absolute Gasteiger partial charge is 0.277 e. The summed E-state index contributed by atoms with van der Waals surface area (Å²) in [4.78, 5) is 12.2. The van der Waals surface area contributed by atoms with Crippen molar-refractivity contribution < 1.29 is 14.3 Å². The predicted molar refractivity (Wildman–Crippen MR) is 136 cm³/mol. The molecular weight excluding hydrogens is 440 g/mol. The fourth-order valence-corrected chi connectivity index (χ4v) is 3.53. The number of nitrogens with zero attached hydrogens (tertiary/aromatic N) is 3. The van der Waals surface area contributed by atoms with Crippen molar-refractivity contribution in [2.75, 3.05) is 6.61 Å². The number of aromatic nitrogens is 2. The van der Waals surface area contributed by atoms with Crippen LogP contribution in [0.5, 0.6) is 11.5 Å². The van der Waals surface area contributed by atoms with Crippen LogP contribution in [0.4, 0.5) is 0 Å². The maximum absolute atomic E-state index is 12.2. The number of hydrazone groups is 1. The molecule has 0 spiro atoms. The van der Waals surface area contributed by atoms with Crippen LogP contribution in [-0.4, -0.2) is 28.5 Å². The molecule has 0 aliphatic carbocycles. The number of hydrogen-bond donors (Lipinski definition) is 1. The molecule has 35 heavy (non-hydrogen) atoms. The molecule has 0 aliphatic rings. The van der Waals surface area contributed by atoms with Gasteiger partial charge in [0.15, 0.2) is 6.61 Å². The number of benzene rings is 3. The first kappa shape index (κ1) is 23.8. The average molecular weight is 469 g/mol. The van der Waals surface area contributed by atoms with E-state index >= 15 is 0 Å². The van der Waals surface area contributed by atoms with Crippen molar-refractivity contribution >= 4 is 12.1 Å². The zero-order chi connectivity index (χ0) is 24.5. The number of carbonyl (C=O) groups excluding carboxylic acids is 1. The van der Waals surface area contributed by atoms with Crippen LogP contribution in [0.2, 0.25) is 0 Å². The van der Waals surface area contributed by atoms with Gasteiger partial charge in [0.05, 0.1) is 18.5 Å². The number of nitrogens with one attached hydrogen (secondary N) is 1. The highest BCUT2D eigenvalue weighted by molar-refractivity contribution is 5.84. The third-order valence-corrected chi connectivity index (χ3v) is 5.44. The van der Waals surface area contributed by atoms with Crippen molar-refractivity contribution in [1.82, 2.24) is 15.2 Å². The molecule has 0 atom stereocenters. The van der Waals surface area contributed by atoms with Crippen molar-refractivity contribution in [3.05, 3.63) is 113 Å². The lowest BCUT2D eigenvalue weighted by Crippen LogP contribution is -2.24. The lowest BCUT2D eigenvalue weighted by Gasteiger charge is -2.08. The highest BCUT2D eigenvalue weighted by Gasteiger charge is 2.10. The molecule has 4 rings (SSSR count). The van der Waals surface area contributed by atoms with Crippen LogP contribution < -0.4 is 14.9 Å². The molecule has 1 amide bonds. The van der Waals surface area contributed by atoms with Crippen molar-refractivity contribution in [1.29, 1.82) is 0 Å². The third-order valence-electron chi connectivity index (χ3n) is 5.44. The van der Waals surface area contributed by atoms with Gasteiger partial charge < -0.3 is 9.47 Å². The molecule has 7 nitrogen and oxygen atoms in total. The highest BCUT2D eigenvalue weighted by Crippen LogP contribution is 2.19. The Bertz CT molecular complexity index is 1270. The molecule has 1 heterocycles. The highest BCUT2D eigenvalue weighted by atomic mass is 16.5. The summed E-state index contributed by atoms with van der Waals surface area (Å²) >= 11 is 0. The lowest BCUT2D eigenvalue weighted by molar-refractivity contribution is -0.123. The largest absolute Gasteiger partial charge is 0.489 e. The van der Waals surface area contributed by atoms with Crippen molar-refractivity contribution in [2.24, 2.45) is 5.10 Å². The normalized spacial score (nSPS) is 10.9. The number of aryl methyl sites for hydroxylation is 1. The van der Waals surface area contributed by atoms with Crippen LogP contribution in [0.25, 0.3) is 0 Å². The Labute approximate surface area is 205 Å². The molecule has 0 radical (unpaired) electrons. The van der Waals surface area contributed by atoms with Crippen LogP contribution >= 0.6 is 0 Å². The van der Waals surface area contributed by atoms with Gasteiger partial charge in [0.2, 0.25) is 0 Å². The van der Waals surface area contributed by atoms with Gasteiger partial charge in [-0.25, -0.2) is 5.43 Å². The summed E-state index contributed by atoms with van der Waals surface area (Å²) in [5.74, 6) is 0.955. The van der Waals surface area contributed by atoms with Gasteiger partial charge in [0.1, 0.15) is 18.1 Å². The van der Waals surface area contributed by atoms with Crippen LogP contribution in [0.15, 0.2) is 90.0 Å².